The van der Waals surface area contributed by atoms with E-state index in [0.717, 1.165) is 61.8 Å². The first kappa shape index (κ1) is 38.7. The highest BCUT2D eigenvalue weighted by Gasteiger charge is 2.25. The molecule has 7 aromatic rings. The van der Waals surface area contributed by atoms with Crippen molar-refractivity contribution in [3.8, 4) is 6.07 Å². The van der Waals surface area contributed by atoms with Crippen LogP contribution in [-0.2, 0) is 0 Å². The Morgan fingerprint density at radius 2 is 1.73 bits per heavy atom. The summed E-state index contributed by atoms with van der Waals surface area (Å²) in [7, 11) is 0. The van der Waals surface area contributed by atoms with Crippen molar-refractivity contribution in [2.75, 3.05) is 11.1 Å². The van der Waals surface area contributed by atoms with Crippen molar-refractivity contribution in [1.29, 1.82) is 5.26 Å². The summed E-state index contributed by atoms with van der Waals surface area (Å²) in [6.07, 6.45) is 0.796. The van der Waals surface area contributed by atoms with E-state index in [4.69, 9.17) is 26.7 Å². The number of hydrogen-bond donors (Lipinski definition) is 2. The fourth-order valence-electron chi connectivity index (χ4n) is 6.01. The average Bonchev–Trinajstić information content (AvgIpc) is 3.67. The van der Waals surface area contributed by atoms with Crippen molar-refractivity contribution in [1.82, 2.24) is 0 Å². The smallest absolute Gasteiger partial charge is 0.240 e. The van der Waals surface area contributed by atoms with E-state index in [0.29, 0.717) is 21.3 Å². The monoisotopic (exact) mass is 783 g/mol. The minimum atomic E-state index is -0.372. The van der Waals surface area contributed by atoms with E-state index in [9.17, 15) is 15.0 Å². The van der Waals surface area contributed by atoms with Crippen LogP contribution in [0.5, 0.6) is 0 Å². The van der Waals surface area contributed by atoms with Crippen molar-refractivity contribution in [2.24, 2.45) is 10.2 Å². The molecule has 0 spiro atoms. The number of nitrogens with one attached hydrogen (secondary N) is 1. The number of hydrogen-bond acceptors (Lipinski definition) is 10. The van der Waals surface area contributed by atoms with Gasteiger partial charge < -0.3 is 20.9 Å². The van der Waals surface area contributed by atoms with Gasteiger partial charge in [0.1, 0.15) is 32.8 Å². The number of fused-ring (bicyclic) bond motifs is 2. The highest BCUT2D eigenvalue weighted by atomic mass is 35.5. The first-order valence-electron chi connectivity index (χ1n) is 16.9. The number of para-hydroxylation sites is 1. The van der Waals surface area contributed by atoms with Gasteiger partial charge in [0.05, 0.1) is 11.4 Å². The second kappa shape index (κ2) is 17.0. The van der Waals surface area contributed by atoms with Crippen molar-refractivity contribution >= 4 is 84.9 Å². The molecule has 1 atom stereocenters. The topological polar surface area (TPSA) is 165 Å². The predicted octanol–water partition coefficient (Wildman–Crippen LogP) is 11.8. The maximum absolute atomic E-state index is 13.0. The maximum Gasteiger partial charge on any atom is 0.240 e. The third-order valence-electron chi connectivity index (χ3n) is 8.74. The summed E-state index contributed by atoms with van der Waals surface area (Å²) in [4.78, 5) is 30.3. The van der Waals surface area contributed by atoms with E-state index in [-0.39, 0.29) is 38.4 Å². The first-order chi connectivity index (χ1) is 26.2. The van der Waals surface area contributed by atoms with E-state index in [1.54, 1.807) is 42.1 Å². The van der Waals surface area contributed by atoms with Crippen LogP contribution in [0.4, 0.5) is 27.8 Å². The van der Waals surface area contributed by atoms with Gasteiger partial charge in [-0.1, -0.05) is 77.8 Å². The Balaban J connectivity index is 0.000000184. The van der Waals surface area contributed by atoms with Gasteiger partial charge in [0.2, 0.25) is 5.78 Å². The minimum absolute atomic E-state index is 0. The number of anilines is 3. The Bertz CT molecular complexity index is 2610. The normalized spacial score (nSPS) is 13.2. The molecular formula is C43H34ClN5O4S2. The molecule has 3 heterocycles. The Hall–Kier alpha value is -6.03. The molecule has 0 aliphatic carbocycles. The van der Waals surface area contributed by atoms with Crippen molar-refractivity contribution in [2.45, 2.75) is 30.4 Å². The van der Waals surface area contributed by atoms with Gasteiger partial charge in [-0.3, -0.25) is 9.79 Å². The fraction of sp³-hybridized carbons (Fsp3) is 0.0930. The summed E-state index contributed by atoms with van der Waals surface area (Å²) in [5.74, 6) is -0.222. The van der Waals surface area contributed by atoms with Crippen LogP contribution in [0.3, 0.4) is 0 Å². The SMILES string of the molecule is Cc1ccc(C2=Nc3ccccc3SC(c3cccc(N=O)c3)C2)cc1.Cc1cccc(Nc2sc(C(=O)c3cc4cc(Cl)ccc4o3)c(N)c2C#N)c1.O. The van der Waals surface area contributed by atoms with E-state index in [1.165, 1.54) is 5.56 Å². The number of aryl methyl sites for hydroxylation is 2. The van der Waals surface area contributed by atoms with Gasteiger partial charge >= 0.3 is 0 Å². The quantitative estimate of drug-likeness (QED) is 0.120. The molecule has 0 fully saturated rings. The number of nitrogens with two attached hydrogens (primary N) is 1. The molecule has 0 radical (unpaired) electrons. The summed E-state index contributed by atoms with van der Waals surface area (Å²) in [5, 5.41) is 17.8. The lowest BCUT2D eigenvalue weighted by molar-refractivity contribution is 0.102. The number of carbonyl (C=O) groups is 1. The van der Waals surface area contributed by atoms with Gasteiger partial charge in [0.25, 0.3) is 0 Å². The zero-order chi connectivity index (χ0) is 37.8. The Labute approximate surface area is 330 Å². The van der Waals surface area contributed by atoms with Crippen LogP contribution in [0.2, 0.25) is 5.02 Å². The molecule has 1 aliphatic rings. The van der Waals surface area contributed by atoms with Crippen LogP contribution >= 0.6 is 34.7 Å². The molecule has 55 heavy (non-hydrogen) atoms. The average molecular weight is 784 g/mol. The Morgan fingerprint density at radius 3 is 2.49 bits per heavy atom. The number of halogens is 1. The maximum atomic E-state index is 13.0. The zero-order valence-corrected chi connectivity index (χ0v) is 32.1. The number of thiophene rings is 1. The number of aliphatic imine (C=N–C) groups is 1. The largest absolute Gasteiger partial charge is 0.453 e. The number of nitroso groups, excluding NO2 is 1. The molecule has 0 saturated carbocycles. The standard InChI is InChI=1S/C22H18N2OS.C21H14ClN3O2S.H2O/c1-15-9-11-16(12-10-15)20-14-22(17-5-4-6-18(13-17)24-25)26-21-8-3-2-7-19(21)23-20;1-11-3-2-4-14(7-11)25-21-15(10-23)18(24)20(28-21)19(26)17-9-12-8-13(22)5-6-16(12)27-17;/h2-13,22H,14H2,1H3;2-9,25H,24H2,1H3;1H2. The number of rotatable bonds is 7. The van der Waals surface area contributed by atoms with Crippen LogP contribution in [-0.4, -0.2) is 17.0 Å². The van der Waals surface area contributed by atoms with Crippen molar-refractivity contribution in [3.05, 3.63) is 170 Å². The van der Waals surface area contributed by atoms with Gasteiger partial charge in [-0.2, -0.15) is 5.26 Å². The summed E-state index contributed by atoms with van der Waals surface area (Å²) < 4.78 is 5.65. The number of nitrogens with zero attached hydrogens (tertiary/aromatic N) is 3. The molecular weight excluding hydrogens is 750 g/mol. The molecule has 1 unspecified atom stereocenters. The van der Waals surface area contributed by atoms with Crippen LogP contribution < -0.4 is 11.1 Å². The number of carbonyl (C=O) groups excluding carboxylic acids is 1. The molecule has 0 bridgehead atoms. The Kier molecular flexibility index (Phi) is 11.9. The minimum Gasteiger partial charge on any atom is -0.453 e. The Morgan fingerprint density at radius 1 is 0.945 bits per heavy atom. The van der Waals surface area contributed by atoms with E-state index in [2.05, 4.69) is 66.0 Å². The lowest BCUT2D eigenvalue weighted by atomic mass is 10.00. The molecule has 0 saturated heterocycles. The first-order valence-corrected chi connectivity index (χ1v) is 19.0. The van der Waals surface area contributed by atoms with Crippen LogP contribution in [0.15, 0.2) is 141 Å². The number of ketones is 1. The third-order valence-corrected chi connectivity index (χ3v) is 11.4. The van der Waals surface area contributed by atoms with Crippen LogP contribution in [0.1, 0.15) is 54.9 Å². The highest BCUT2D eigenvalue weighted by molar-refractivity contribution is 7.99. The number of nitriles is 1. The molecule has 0 amide bonds. The fourth-order valence-corrected chi connectivity index (χ4v) is 8.45. The summed E-state index contributed by atoms with van der Waals surface area (Å²) in [6.45, 7) is 4.06. The van der Waals surface area contributed by atoms with Gasteiger partial charge in [-0.15, -0.1) is 28.0 Å². The van der Waals surface area contributed by atoms with Crippen molar-refractivity contribution < 1.29 is 14.7 Å². The molecule has 5 aromatic carbocycles. The van der Waals surface area contributed by atoms with Gasteiger partial charge in [-0.25, -0.2) is 0 Å². The van der Waals surface area contributed by atoms with Gasteiger partial charge in [0.15, 0.2) is 5.76 Å². The highest BCUT2D eigenvalue weighted by Crippen LogP contribution is 2.46. The predicted molar refractivity (Wildman–Crippen MR) is 225 cm³/mol. The van der Waals surface area contributed by atoms with Gasteiger partial charge in [-0.05, 0) is 96.4 Å². The molecule has 5 N–H and O–H groups in total. The van der Waals surface area contributed by atoms with Crippen LogP contribution in [0.25, 0.3) is 11.0 Å². The number of benzene rings is 5. The zero-order valence-electron chi connectivity index (χ0n) is 29.7. The molecule has 2 aromatic heterocycles. The van der Waals surface area contributed by atoms with E-state index >= 15 is 0 Å². The van der Waals surface area contributed by atoms with E-state index in [1.807, 2.05) is 55.5 Å². The number of furan rings is 1. The third kappa shape index (κ3) is 8.70. The second-order valence-electron chi connectivity index (χ2n) is 12.7. The number of thioether (sulfide) groups is 1. The van der Waals surface area contributed by atoms with Crippen molar-refractivity contribution in [3.63, 3.8) is 0 Å². The lowest BCUT2D eigenvalue weighted by Gasteiger charge is -2.16. The molecule has 9 nitrogen and oxygen atoms in total. The lowest BCUT2D eigenvalue weighted by Crippen LogP contribution is -2.05. The molecule has 8 rings (SSSR count). The molecule has 12 heteroatoms. The summed E-state index contributed by atoms with van der Waals surface area (Å²) >= 11 is 8.92. The van der Waals surface area contributed by atoms with Crippen LogP contribution in [0, 0.1) is 30.1 Å². The second-order valence-corrected chi connectivity index (χ2v) is 15.4. The number of nitrogen functional groups attached to an aromatic ring is 1. The molecule has 274 valence electrons. The van der Waals surface area contributed by atoms with E-state index < -0.39 is 0 Å². The summed E-state index contributed by atoms with van der Waals surface area (Å²) in [6, 6.07) is 40.8. The molecule has 1 aliphatic heterocycles. The summed E-state index contributed by atoms with van der Waals surface area (Å²) in [5.41, 5.74) is 15.0. The van der Waals surface area contributed by atoms with Gasteiger partial charge in [0, 0.05) is 38.4 Å².